The smallest absolute Gasteiger partial charge is 0.491 e. The molecule has 0 aliphatic heterocycles. The molecule has 106 valence electrons. The first-order valence-corrected chi connectivity index (χ1v) is 5.33. The zero-order valence-electron chi connectivity index (χ0n) is 9.88. The minimum Gasteiger partial charge on any atom is -0.491 e. The van der Waals surface area contributed by atoms with E-state index in [0.717, 1.165) is 20.3 Å². The highest BCUT2D eigenvalue weighted by Crippen LogP contribution is 2.35. The van der Waals surface area contributed by atoms with Crippen molar-refractivity contribution >= 4 is 17.6 Å². The molecule has 5 nitrogen and oxygen atoms in total. The fraction of sp³-hybridized carbons (Fsp3) is 0.400. The van der Waals surface area contributed by atoms with Gasteiger partial charge in [-0.15, -0.1) is 24.8 Å². The lowest BCUT2D eigenvalue weighted by Crippen LogP contribution is -2.19. The Morgan fingerprint density at radius 2 is 2.05 bits per heavy atom. The van der Waals surface area contributed by atoms with E-state index in [2.05, 4.69) is 14.5 Å². The van der Waals surface area contributed by atoms with Crippen molar-refractivity contribution in [3.8, 4) is 11.5 Å². The highest BCUT2D eigenvalue weighted by molar-refractivity contribution is 6.17. The van der Waals surface area contributed by atoms with E-state index in [1.54, 1.807) is 0 Å². The maximum atomic E-state index is 12.3. The van der Waals surface area contributed by atoms with Gasteiger partial charge in [0, 0.05) is 6.07 Å². The van der Waals surface area contributed by atoms with Gasteiger partial charge in [-0.2, -0.15) is 0 Å². The van der Waals surface area contributed by atoms with Crippen molar-refractivity contribution in [3.05, 3.63) is 17.5 Å². The maximum Gasteiger partial charge on any atom is 0.573 e. The quantitative estimate of drug-likeness (QED) is 0.631. The number of carbonyl (C=O) groups is 1. The summed E-state index contributed by atoms with van der Waals surface area (Å²) in [5, 5.41) is 0. The van der Waals surface area contributed by atoms with Crippen LogP contribution in [-0.2, 0) is 10.6 Å². The maximum absolute atomic E-state index is 12.3. The van der Waals surface area contributed by atoms with Gasteiger partial charge < -0.3 is 14.2 Å². The number of carbonyl (C=O) groups excluding carboxylic acids is 1. The number of ether oxygens (including phenoxy) is 3. The third kappa shape index (κ3) is 3.88. The van der Waals surface area contributed by atoms with E-state index in [4.69, 9.17) is 16.3 Å². The second-order valence-corrected chi connectivity index (χ2v) is 3.43. The summed E-state index contributed by atoms with van der Waals surface area (Å²) in [4.78, 5) is 15.0. The molecule has 0 atom stereocenters. The Morgan fingerprint density at radius 1 is 1.42 bits per heavy atom. The molecule has 0 unspecified atom stereocenters. The number of esters is 1. The van der Waals surface area contributed by atoms with E-state index in [-0.39, 0.29) is 23.0 Å². The van der Waals surface area contributed by atoms with Gasteiger partial charge >= 0.3 is 12.3 Å². The van der Waals surface area contributed by atoms with Crippen LogP contribution >= 0.6 is 11.6 Å². The van der Waals surface area contributed by atoms with Gasteiger partial charge in [0.05, 0.1) is 20.1 Å². The van der Waals surface area contributed by atoms with Crippen molar-refractivity contribution in [1.82, 2.24) is 4.98 Å². The first-order chi connectivity index (χ1) is 8.82. The number of methoxy groups -OCH3 is 2. The van der Waals surface area contributed by atoms with Gasteiger partial charge in [0.25, 0.3) is 0 Å². The third-order valence-corrected chi connectivity index (χ3v) is 2.21. The minimum absolute atomic E-state index is 0.0636. The van der Waals surface area contributed by atoms with Crippen LogP contribution in [0.5, 0.6) is 11.5 Å². The lowest BCUT2D eigenvalue weighted by Gasteiger charge is -2.15. The molecular weight excluding hydrogens is 291 g/mol. The van der Waals surface area contributed by atoms with Gasteiger partial charge in [0.2, 0.25) is 0 Å². The van der Waals surface area contributed by atoms with Crippen LogP contribution in [0.4, 0.5) is 13.2 Å². The van der Waals surface area contributed by atoms with Crippen molar-refractivity contribution < 1.29 is 32.2 Å². The van der Waals surface area contributed by atoms with Crippen molar-refractivity contribution in [1.29, 1.82) is 0 Å². The van der Waals surface area contributed by atoms with Crippen molar-refractivity contribution in [2.75, 3.05) is 14.2 Å². The van der Waals surface area contributed by atoms with E-state index in [9.17, 15) is 18.0 Å². The molecule has 0 N–H and O–H groups in total. The number of pyridine rings is 1. The average molecular weight is 300 g/mol. The summed E-state index contributed by atoms with van der Waals surface area (Å²) >= 11 is 5.54. The Bertz CT molecular complexity index is 479. The van der Waals surface area contributed by atoms with Gasteiger partial charge in [-0.25, -0.2) is 9.78 Å². The molecule has 0 radical (unpaired) electrons. The van der Waals surface area contributed by atoms with E-state index in [1.807, 2.05) is 0 Å². The summed E-state index contributed by atoms with van der Waals surface area (Å²) in [6.07, 6.45) is -4.94. The fourth-order valence-corrected chi connectivity index (χ4v) is 1.46. The minimum atomic E-state index is -4.94. The number of hydrogen-bond acceptors (Lipinski definition) is 5. The van der Waals surface area contributed by atoms with Crippen LogP contribution in [0.3, 0.4) is 0 Å². The van der Waals surface area contributed by atoms with Crippen LogP contribution < -0.4 is 9.47 Å². The molecule has 1 rings (SSSR count). The lowest BCUT2D eigenvalue weighted by molar-refractivity contribution is -0.275. The number of rotatable bonds is 4. The van der Waals surface area contributed by atoms with Crippen molar-refractivity contribution in [2.45, 2.75) is 12.2 Å². The zero-order chi connectivity index (χ0) is 14.6. The van der Waals surface area contributed by atoms with Crippen LogP contribution in [0.2, 0.25) is 0 Å². The molecule has 0 aliphatic carbocycles. The fourth-order valence-electron chi connectivity index (χ4n) is 1.28. The van der Waals surface area contributed by atoms with Crippen LogP contribution in [0.1, 0.15) is 16.2 Å². The molecule has 9 heteroatoms. The summed E-state index contributed by atoms with van der Waals surface area (Å²) in [6.45, 7) is 0. The van der Waals surface area contributed by atoms with Crippen LogP contribution in [0.25, 0.3) is 0 Å². The molecule has 0 amide bonds. The zero-order valence-corrected chi connectivity index (χ0v) is 10.6. The number of hydrogen-bond donors (Lipinski definition) is 0. The largest absolute Gasteiger partial charge is 0.573 e. The van der Waals surface area contributed by atoms with E-state index in [0.29, 0.717) is 0 Å². The standard InChI is InChI=1S/C10H9ClF3NO4/c1-17-8-6(4-11)15-5(9(16)18-2)3-7(8)19-10(12,13)14/h3H,4H2,1-2H3. The topological polar surface area (TPSA) is 57.7 Å². The SMILES string of the molecule is COC(=O)c1cc(OC(F)(F)F)c(OC)c(CCl)n1. The molecule has 0 bridgehead atoms. The highest BCUT2D eigenvalue weighted by atomic mass is 35.5. The molecule has 1 aromatic rings. The molecule has 0 fully saturated rings. The van der Waals surface area contributed by atoms with Gasteiger partial charge in [-0.3, -0.25) is 0 Å². The Morgan fingerprint density at radius 3 is 2.47 bits per heavy atom. The van der Waals surface area contributed by atoms with E-state index in [1.165, 1.54) is 0 Å². The molecule has 1 heterocycles. The Kier molecular flexibility index (Phi) is 4.82. The van der Waals surface area contributed by atoms with Gasteiger partial charge in [0.15, 0.2) is 17.2 Å². The monoisotopic (exact) mass is 299 g/mol. The number of nitrogens with zero attached hydrogens (tertiary/aromatic N) is 1. The molecule has 19 heavy (non-hydrogen) atoms. The first-order valence-electron chi connectivity index (χ1n) is 4.80. The highest BCUT2D eigenvalue weighted by Gasteiger charge is 2.34. The summed E-state index contributed by atoms with van der Waals surface area (Å²) < 4.78 is 49.7. The Hall–Kier alpha value is -1.70. The number of aromatic nitrogens is 1. The van der Waals surface area contributed by atoms with Gasteiger partial charge in [0.1, 0.15) is 5.69 Å². The average Bonchev–Trinajstić information content (AvgIpc) is 2.34. The second kappa shape index (κ2) is 5.96. The van der Waals surface area contributed by atoms with E-state index < -0.39 is 18.1 Å². The van der Waals surface area contributed by atoms with Crippen LogP contribution in [0, 0.1) is 0 Å². The summed E-state index contributed by atoms with van der Waals surface area (Å²) in [5.41, 5.74) is -0.426. The Labute approximate surface area is 111 Å². The molecule has 0 aromatic carbocycles. The Balaban J connectivity index is 3.35. The molecule has 0 saturated heterocycles. The molecular formula is C10H9ClF3NO4. The molecule has 0 saturated carbocycles. The predicted molar refractivity (Wildman–Crippen MR) is 58.4 cm³/mol. The third-order valence-electron chi connectivity index (χ3n) is 1.96. The van der Waals surface area contributed by atoms with Gasteiger partial charge in [-0.1, -0.05) is 0 Å². The number of alkyl halides is 4. The number of halogens is 4. The predicted octanol–water partition coefficient (Wildman–Crippen LogP) is 2.51. The summed E-state index contributed by atoms with van der Waals surface area (Å²) in [5.74, 6) is -2.18. The summed E-state index contributed by atoms with van der Waals surface area (Å²) in [7, 11) is 2.20. The lowest BCUT2D eigenvalue weighted by atomic mass is 10.2. The summed E-state index contributed by atoms with van der Waals surface area (Å²) in [6, 6.07) is 0.772. The van der Waals surface area contributed by atoms with Gasteiger partial charge in [-0.05, 0) is 0 Å². The van der Waals surface area contributed by atoms with Crippen molar-refractivity contribution in [3.63, 3.8) is 0 Å². The van der Waals surface area contributed by atoms with E-state index >= 15 is 0 Å². The second-order valence-electron chi connectivity index (χ2n) is 3.16. The van der Waals surface area contributed by atoms with Crippen LogP contribution in [-0.4, -0.2) is 31.5 Å². The van der Waals surface area contributed by atoms with Crippen LogP contribution in [0.15, 0.2) is 6.07 Å². The first kappa shape index (κ1) is 15.4. The van der Waals surface area contributed by atoms with Crippen molar-refractivity contribution in [2.24, 2.45) is 0 Å². The molecule has 1 aromatic heterocycles. The normalized spacial score (nSPS) is 11.1. The molecule has 0 aliphatic rings. The molecule has 0 spiro atoms.